The van der Waals surface area contributed by atoms with Gasteiger partial charge < -0.3 is 5.32 Å². The predicted molar refractivity (Wildman–Crippen MR) is 84.4 cm³/mol. The van der Waals surface area contributed by atoms with Crippen LogP contribution in [0.15, 0.2) is 35.1 Å². The summed E-state index contributed by atoms with van der Waals surface area (Å²) >= 11 is 0. The van der Waals surface area contributed by atoms with E-state index in [9.17, 15) is 24.1 Å². The largest absolute Gasteiger partial charge is 0.318 e. The van der Waals surface area contributed by atoms with Gasteiger partial charge in [-0.25, -0.2) is 9.07 Å². The van der Waals surface area contributed by atoms with Crippen LogP contribution in [0, 0.1) is 15.9 Å². The van der Waals surface area contributed by atoms with Crippen LogP contribution >= 0.6 is 0 Å². The average molecular weight is 334 g/mol. The molecule has 0 saturated carbocycles. The fourth-order valence-electron chi connectivity index (χ4n) is 1.95. The number of nitro groups is 1. The highest BCUT2D eigenvalue weighted by atomic mass is 19.1. The van der Waals surface area contributed by atoms with Gasteiger partial charge in [0, 0.05) is 24.7 Å². The third-order valence-electron chi connectivity index (χ3n) is 3.23. The first kappa shape index (κ1) is 17.3. The van der Waals surface area contributed by atoms with Gasteiger partial charge in [-0.1, -0.05) is 13.3 Å². The first-order valence-electron chi connectivity index (χ1n) is 7.26. The third-order valence-corrected chi connectivity index (χ3v) is 3.23. The van der Waals surface area contributed by atoms with Crippen molar-refractivity contribution in [2.24, 2.45) is 0 Å². The summed E-state index contributed by atoms with van der Waals surface area (Å²) in [6, 6.07) is 5.22. The van der Waals surface area contributed by atoms with Crippen molar-refractivity contribution < 1.29 is 14.1 Å². The van der Waals surface area contributed by atoms with Gasteiger partial charge in [0.2, 0.25) is 0 Å². The topological polar surface area (TPSA) is 107 Å². The van der Waals surface area contributed by atoms with Crippen molar-refractivity contribution in [1.29, 1.82) is 0 Å². The summed E-state index contributed by atoms with van der Waals surface area (Å²) in [7, 11) is 0. The maximum Gasteiger partial charge on any atom is 0.276 e. The van der Waals surface area contributed by atoms with Gasteiger partial charge in [0.25, 0.3) is 17.2 Å². The van der Waals surface area contributed by atoms with Gasteiger partial charge in [-0.15, -0.1) is 0 Å². The highest BCUT2D eigenvalue weighted by molar-refractivity contribution is 6.02. The summed E-state index contributed by atoms with van der Waals surface area (Å²) in [5.74, 6) is -1.58. The zero-order valence-corrected chi connectivity index (χ0v) is 12.9. The molecule has 9 heteroatoms. The second kappa shape index (κ2) is 7.44. The molecule has 24 heavy (non-hydrogen) atoms. The molecule has 0 aliphatic heterocycles. The highest BCUT2D eigenvalue weighted by Gasteiger charge is 2.15. The molecule has 1 N–H and O–H groups in total. The Hall–Kier alpha value is -3.10. The van der Waals surface area contributed by atoms with Gasteiger partial charge in [-0.05, 0) is 18.6 Å². The molecule has 2 aromatic rings. The Kier molecular flexibility index (Phi) is 5.35. The van der Waals surface area contributed by atoms with Crippen molar-refractivity contribution in [2.45, 2.75) is 26.3 Å². The van der Waals surface area contributed by atoms with E-state index in [4.69, 9.17) is 0 Å². The zero-order valence-electron chi connectivity index (χ0n) is 12.9. The quantitative estimate of drug-likeness (QED) is 0.644. The van der Waals surface area contributed by atoms with Crippen LogP contribution in [0.5, 0.6) is 0 Å². The third kappa shape index (κ3) is 4.00. The second-order valence-electron chi connectivity index (χ2n) is 5.01. The smallest absolute Gasteiger partial charge is 0.276 e. The molecular weight excluding hydrogens is 319 g/mol. The summed E-state index contributed by atoms with van der Waals surface area (Å²) in [5.41, 5.74) is -1.12. The van der Waals surface area contributed by atoms with Gasteiger partial charge in [0.1, 0.15) is 11.5 Å². The van der Waals surface area contributed by atoms with E-state index in [-0.39, 0.29) is 22.6 Å². The number of rotatable bonds is 6. The molecule has 0 fully saturated rings. The molecular formula is C15H15FN4O4. The normalized spacial score (nSPS) is 10.4. The van der Waals surface area contributed by atoms with Crippen molar-refractivity contribution >= 4 is 17.3 Å². The average Bonchev–Trinajstić information content (AvgIpc) is 2.55. The van der Waals surface area contributed by atoms with Crippen molar-refractivity contribution in [3.05, 3.63) is 62.3 Å². The highest BCUT2D eigenvalue weighted by Crippen LogP contribution is 2.21. The Balaban J connectivity index is 2.25. The lowest BCUT2D eigenvalue weighted by Crippen LogP contribution is -2.26. The molecule has 1 aromatic carbocycles. The maximum absolute atomic E-state index is 13.7. The van der Waals surface area contributed by atoms with Gasteiger partial charge in [0.15, 0.2) is 0 Å². The number of aryl methyl sites for hydroxylation is 1. The van der Waals surface area contributed by atoms with E-state index < -0.39 is 16.6 Å². The number of anilines is 1. The fourth-order valence-corrected chi connectivity index (χ4v) is 1.95. The number of carbonyl (C=O) groups excluding carboxylic acids is 1. The minimum absolute atomic E-state index is 0.0865. The zero-order chi connectivity index (χ0) is 17.7. The molecule has 126 valence electrons. The Labute approximate surface area is 136 Å². The minimum atomic E-state index is -0.812. The van der Waals surface area contributed by atoms with Crippen LogP contribution in [0.4, 0.5) is 15.8 Å². The Morgan fingerprint density at radius 3 is 2.79 bits per heavy atom. The molecule has 2 rings (SSSR count). The van der Waals surface area contributed by atoms with Crippen LogP contribution in [-0.4, -0.2) is 20.6 Å². The summed E-state index contributed by atoms with van der Waals surface area (Å²) < 4.78 is 14.9. The number of nitrogens with zero attached hydrogens (tertiary/aromatic N) is 3. The van der Waals surface area contributed by atoms with Gasteiger partial charge in [0.05, 0.1) is 10.6 Å². The molecule has 1 heterocycles. The molecule has 0 unspecified atom stereocenters. The SMILES string of the molecule is CCCCn1nc(C(=O)Nc2cc([N+](=O)[O-])ccc2F)ccc1=O. The first-order valence-corrected chi connectivity index (χ1v) is 7.26. The van der Waals surface area contributed by atoms with Crippen LogP contribution in [0.25, 0.3) is 0 Å². The molecule has 0 bridgehead atoms. The van der Waals surface area contributed by atoms with Crippen LogP contribution in [0.3, 0.4) is 0 Å². The Morgan fingerprint density at radius 2 is 2.12 bits per heavy atom. The lowest BCUT2D eigenvalue weighted by molar-refractivity contribution is -0.384. The molecule has 0 aliphatic carbocycles. The second-order valence-corrected chi connectivity index (χ2v) is 5.01. The van der Waals surface area contributed by atoms with E-state index in [0.29, 0.717) is 6.54 Å². The van der Waals surface area contributed by atoms with Crippen molar-refractivity contribution in [1.82, 2.24) is 9.78 Å². The molecule has 0 aliphatic rings. The number of amides is 1. The summed E-state index contributed by atoms with van der Waals surface area (Å²) in [6.07, 6.45) is 1.57. The van der Waals surface area contributed by atoms with E-state index in [0.717, 1.165) is 35.7 Å². The van der Waals surface area contributed by atoms with E-state index in [2.05, 4.69) is 10.4 Å². The number of halogens is 1. The number of hydrogen-bond donors (Lipinski definition) is 1. The van der Waals surface area contributed by atoms with Crippen LogP contribution in [0.2, 0.25) is 0 Å². The summed E-state index contributed by atoms with van der Waals surface area (Å²) in [6.45, 7) is 2.31. The Morgan fingerprint density at radius 1 is 1.38 bits per heavy atom. The molecule has 1 amide bonds. The molecule has 0 spiro atoms. The van der Waals surface area contributed by atoms with Crippen LogP contribution in [0.1, 0.15) is 30.3 Å². The van der Waals surface area contributed by atoms with Gasteiger partial charge in [-0.2, -0.15) is 5.10 Å². The number of nitro benzene ring substituents is 1. The summed E-state index contributed by atoms with van der Waals surface area (Å²) in [4.78, 5) is 33.9. The molecule has 0 saturated heterocycles. The Bertz CT molecular complexity index is 834. The van der Waals surface area contributed by atoms with Crippen LogP contribution in [-0.2, 0) is 6.54 Å². The predicted octanol–water partition coefficient (Wildman–Crippen LogP) is 2.34. The number of benzene rings is 1. The molecule has 0 radical (unpaired) electrons. The van der Waals surface area contributed by atoms with E-state index in [1.165, 1.54) is 12.1 Å². The first-order chi connectivity index (χ1) is 11.4. The van der Waals surface area contributed by atoms with E-state index >= 15 is 0 Å². The summed E-state index contributed by atoms with van der Waals surface area (Å²) in [5, 5.41) is 16.9. The number of unbranched alkanes of at least 4 members (excludes halogenated alkanes) is 1. The number of aromatic nitrogens is 2. The number of carbonyl (C=O) groups is 1. The molecule has 1 aromatic heterocycles. The molecule has 0 atom stereocenters. The van der Waals surface area contributed by atoms with Gasteiger partial charge in [-0.3, -0.25) is 19.7 Å². The van der Waals surface area contributed by atoms with Gasteiger partial charge >= 0.3 is 0 Å². The number of nitrogens with one attached hydrogen (secondary N) is 1. The van der Waals surface area contributed by atoms with Crippen molar-refractivity contribution in [3.8, 4) is 0 Å². The standard InChI is InChI=1S/C15H15FN4O4/c1-2-3-8-19-14(21)7-6-12(18-19)15(22)17-13-9-10(20(23)24)4-5-11(13)16/h4-7,9H,2-3,8H2,1H3,(H,17,22). The maximum atomic E-state index is 13.7. The fraction of sp³-hybridized carbons (Fsp3) is 0.267. The number of hydrogen-bond acceptors (Lipinski definition) is 5. The number of non-ortho nitro benzene ring substituents is 1. The van der Waals surface area contributed by atoms with Crippen LogP contribution < -0.4 is 10.9 Å². The van der Waals surface area contributed by atoms with Crippen molar-refractivity contribution in [3.63, 3.8) is 0 Å². The lowest BCUT2D eigenvalue weighted by atomic mass is 10.2. The monoisotopic (exact) mass is 334 g/mol. The lowest BCUT2D eigenvalue weighted by Gasteiger charge is -2.08. The molecule has 8 nitrogen and oxygen atoms in total. The van der Waals surface area contributed by atoms with Crippen molar-refractivity contribution in [2.75, 3.05) is 5.32 Å². The van der Waals surface area contributed by atoms with E-state index in [1.807, 2.05) is 6.92 Å². The van der Waals surface area contributed by atoms with E-state index in [1.54, 1.807) is 0 Å². The minimum Gasteiger partial charge on any atom is -0.318 e.